The molecule has 1 saturated carbocycles. The van der Waals surface area contributed by atoms with Gasteiger partial charge in [-0.15, -0.1) is 11.6 Å². The van der Waals surface area contributed by atoms with Crippen molar-refractivity contribution in [1.82, 2.24) is 0 Å². The fourth-order valence-electron chi connectivity index (χ4n) is 3.43. The summed E-state index contributed by atoms with van der Waals surface area (Å²) in [4.78, 5) is 0. The molecule has 1 aliphatic carbocycles. The first-order valence-corrected chi connectivity index (χ1v) is 7.66. The molecule has 0 bridgehead atoms. The Morgan fingerprint density at radius 2 is 1.94 bits per heavy atom. The van der Waals surface area contributed by atoms with Gasteiger partial charge in [-0.2, -0.15) is 0 Å². The molecular formula is C15H27ClO. The maximum atomic E-state index is 6.52. The first-order valence-electron chi connectivity index (χ1n) is 7.22. The molecule has 17 heavy (non-hydrogen) atoms. The van der Waals surface area contributed by atoms with Crippen molar-refractivity contribution in [3.05, 3.63) is 0 Å². The first-order chi connectivity index (χ1) is 7.97. The molecule has 100 valence electrons. The summed E-state index contributed by atoms with van der Waals surface area (Å²) in [5.74, 6) is 1.52. The Kier molecular flexibility index (Phi) is 4.41. The van der Waals surface area contributed by atoms with Gasteiger partial charge in [-0.05, 0) is 55.8 Å². The van der Waals surface area contributed by atoms with Crippen LogP contribution >= 0.6 is 11.6 Å². The summed E-state index contributed by atoms with van der Waals surface area (Å²) in [7, 11) is 0. The van der Waals surface area contributed by atoms with E-state index in [1.807, 2.05) is 0 Å². The summed E-state index contributed by atoms with van der Waals surface area (Å²) < 4.78 is 5.77. The molecule has 0 aromatic rings. The lowest BCUT2D eigenvalue weighted by molar-refractivity contribution is 0.0654. The predicted molar refractivity (Wildman–Crippen MR) is 73.5 cm³/mol. The maximum Gasteiger partial charge on any atom is 0.0579 e. The van der Waals surface area contributed by atoms with Gasteiger partial charge in [0.1, 0.15) is 0 Å². The van der Waals surface area contributed by atoms with Gasteiger partial charge in [0, 0.05) is 12.0 Å². The van der Waals surface area contributed by atoms with E-state index in [9.17, 15) is 0 Å². The SMILES string of the molecule is CC(C)(C)C1CCC(Cl)C(CC2CCCO2)C1. The van der Waals surface area contributed by atoms with Crippen molar-refractivity contribution in [3.63, 3.8) is 0 Å². The van der Waals surface area contributed by atoms with E-state index in [0.717, 1.165) is 12.5 Å². The van der Waals surface area contributed by atoms with Crippen LogP contribution in [0.4, 0.5) is 0 Å². The molecule has 0 aromatic heterocycles. The van der Waals surface area contributed by atoms with Gasteiger partial charge in [-0.1, -0.05) is 20.8 Å². The van der Waals surface area contributed by atoms with Crippen molar-refractivity contribution < 1.29 is 4.74 Å². The van der Waals surface area contributed by atoms with Gasteiger partial charge in [0.05, 0.1) is 6.10 Å². The molecule has 1 saturated heterocycles. The van der Waals surface area contributed by atoms with Crippen molar-refractivity contribution >= 4 is 11.6 Å². The zero-order chi connectivity index (χ0) is 12.5. The van der Waals surface area contributed by atoms with Crippen LogP contribution in [0.2, 0.25) is 0 Å². The van der Waals surface area contributed by atoms with Crippen molar-refractivity contribution in [3.8, 4) is 0 Å². The standard InChI is InChI=1S/C15H27ClO/c1-15(2,3)12-6-7-14(16)11(9-12)10-13-5-4-8-17-13/h11-14H,4-10H2,1-3H3. The van der Waals surface area contributed by atoms with E-state index in [1.165, 1.54) is 38.5 Å². The number of halogens is 1. The Morgan fingerprint density at radius 3 is 2.53 bits per heavy atom. The molecule has 0 N–H and O–H groups in total. The third-order valence-electron chi connectivity index (χ3n) is 4.70. The van der Waals surface area contributed by atoms with E-state index < -0.39 is 0 Å². The summed E-state index contributed by atoms with van der Waals surface area (Å²) in [6.07, 6.45) is 7.99. The van der Waals surface area contributed by atoms with Crippen molar-refractivity contribution in [1.29, 1.82) is 0 Å². The molecule has 2 fully saturated rings. The monoisotopic (exact) mass is 258 g/mol. The molecule has 2 heteroatoms. The second kappa shape index (κ2) is 5.48. The molecule has 2 aliphatic rings. The summed E-state index contributed by atoms with van der Waals surface area (Å²) in [6.45, 7) is 8.08. The molecular weight excluding hydrogens is 232 g/mol. The number of rotatable bonds is 2. The fraction of sp³-hybridized carbons (Fsp3) is 1.00. The lowest BCUT2D eigenvalue weighted by Gasteiger charge is -2.40. The largest absolute Gasteiger partial charge is 0.378 e. The Hall–Kier alpha value is 0.250. The first kappa shape index (κ1) is 13.7. The lowest BCUT2D eigenvalue weighted by atomic mass is 9.68. The fourth-order valence-corrected chi connectivity index (χ4v) is 3.76. The summed E-state index contributed by atoms with van der Waals surface area (Å²) in [6, 6.07) is 0. The molecule has 1 nitrogen and oxygen atoms in total. The average Bonchev–Trinajstić information content (AvgIpc) is 2.72. The highest BCUT2D eigenvalue weighted by molar-refractivity contribution is 6.20. The summed E-state index contributed by atoms with van der Waals surface area (Å²) in [5, 5.41) is 0.387. The second-order valence-electron chi connectivity index (χ2n) is 7.02. The third kappa shape index (κ3) is 3.61. The van der Waals surface area contributed by atoms with Crippen LogP contribution in [0.15, 0.2) is 0 Å². The number of alkyl halides is 1. The third-order valence-corrected chi connectivity index (χ3v) is 5.28. The van der Waals surface area contributed by atoms with E-state index in [-0.39, 0.29) is 0 Å². The number of hydrogen-bond donors (Lipinski definition) is 0. The molecule has 1 heterocycles. The van der Waals surface area contributed by atoms with Crippen molar-refractivity contribution in [2.75, 3.05) is 6.61 Å². The van der Waals surface area contributed by atoms with E-state index in [2.05, 4.69) is 20.8 Å². The van der Waals surface area contributed by atoms with Crippen LogP contribution in [0.1, 0.15) is 59.3 Å². The second-order valence-corrected chi connectivity index (χ2v) is 7.58. The van der Waals surface area contributed by atoms with Crippen LogP contribution in [0.3, 0.4) is 0 Å². The van der Waals surface area contributed by atoms with E-state index in [0.29, 0.717) is 22.8 Å². The zero-order valence-corrected chi connectivity index (χ0v) is 12.3. The van der Waals surface area contributed by atoms with Crippen molar-refractivity contribution in [2.45, 2.75) is 70.8 Å². The van der Waals surface area contributed by atoms with Crippen LogP contribution in [0, 0.1) is 17.3 Å². The molecule has 0 aromatic carbocycles. The van der Waals surface area contributed by atoms with Crippen LogP contribution in [-0.4, -0.2) is 18.1 Å². The van der Waals surface area contributed by atoms with Crippen LogP contribution < -0.4 is 0 Å². The van der Waals surface area contributed by atoms with Gasteiger partial charge in [-0.3, -0.25) is 0 Å². The zero-order valence-electron chi connectivity index (χ0n) is 11.5. The normalized spacial score (nSPS) is 39.5. The highest BCUT2D eigenvalue weighted by Crippen LogP contribution is 2.44. The Balaban J connectivity index is 1.90. The molecule has 1 aliphatic heterocycles. The summed E-state index contributed by atoms with van der Waals surface area (Å²) >= 11 is 6.52. The molecule has 0 spiro atoms. The van der Waals surface area contributed by atoms with Crippen LogP contribution in [-0.2, 0) is 4.74 Å². The maximum absolute atomic E-state index is 6.52. The molecule has 2 rings (SSSR count). The highest BCUT2D eigenvalue weighted by atomic mass is 35.5. The Labute approximate surface area is 111 Å². The van der Waals surface area contributed by atoms with Gasteiger partial charge >= 0.3 is 0 Å². The minimum Gasteiger partial charge on any atom is -0.378 e. The predicted octanol–water partition coefficient (Wildman–Crippen LogP) is 4.63. The van der Waals surface area contributed by atoms with Gasteiger partial charge in [0.25, 0.3) is 0 Å². The summed E-state index contributed by atoms with van der Waals surface area (Å²) in [5.41, 5.74) is 0.436. The van der Waals surface area contributed by atoms with Gasteiger partial charge in [0.2, 0.25) is 0 Å². The molecule has 4 unspecified atom stereocenters. The van der Waals surface area contributed by atoms with E-state index >= 15 is 0 Å². The van der Waals surface area contributed by atoms with Gasteiger partial charge in [-0.25, -0.2) is 0 Å². The van der Waals surface area contributed by atoms with Crippen LogP contribution in [0.5, 0.6) is 0 Å². The molecule has 0 radical (unpaired) electrons. The quantitative estimate of drug-likeness (QED) is 0.657. The average molecular weight is 259 g/mol. The highest BCUT2D eigenvalue weighted by Gasteiger charge is 2.36. The van der Waals surface area contributed by atoms with Gasteiger partial charge in [0.15, 0.2) is 0 Å². The molecule has 4 atom stereocenters. The van der Waals surface area contributed by atoms with E-state index in [1.54, 1.807) is 0 Å². The van der Waals surface area contributed by atoms with Crippen LogP contribution in [0.25, 0.3) is 0 Å². The lowest BCUT2D eigenvalue weighted by Crippen LogP contribution is -2.34. The number of hydrogen-bond acceptors (Lipinski definition) is 1. The Bertz CT molecular complexity index is 240. The Morgan fingerprint density at radius 1 is 1.18 bits per heavy atom. The topological polar surface area (TPSA) is 9.23 Å². The smallest absolute Gasteiger partial charge is 0.0579 e. The minimum absolute atomic E-state index is 0.387. The van der Waals surface area contributed by atoms with E-state index in [4.69, 9.17) is 16.3 Å². The minimum atomic E-state index is 0.387. The van der Waals surface area contributed by atoms with Gasteiger partial charge < -0.3 is 4.74 Å². The number of ether oxygens (including phenoxy) is 1. The molecule has 0 amide bonds. The van der Waals surface area contributed by atoms with Crippen molar-refractivity contribution in [2.24, 2.45) is 17.3 Å².